The molecule has 6 nitrogen and oxygen atoms in total. The smallest absolute Gasteiger partial charge is 0.289 e. The topological polar surface area (TPSA) is 75.4 Å². The van der Waals surface area contributed by atoms with Gasteiger partial charge in [0.2, 0.25) is 5.91 Å². The van der Waals surface area contributed by atoms with Gasteiger partial charge in [-0.05, 0) is 25.8 Å². The highest BCUT2D eigenvalue weighted by atomic mass is 32.1. The van der Waals surface area contributed by atoms with Crippen molar-refractivity contribution in [1.82, 2.24) is 9.88 Å². The maximum Gasteiger partial charge on any atom is 0.289 e. The van der Waals surface area contributed by atoms with Gasteiger partial charge in [-0.3, -0.25) is 9.59 Å². The predicted molar refractivity (Wildman–Crippen MR) is 100 cm³/mol. The first-order valence-corrected chi connectivity index (χ1v) is 9.49. The second kappa shape index (κ2) is 6.92. The fourth-order valence-corrected chi connectivity index (χ4v) is 3.92. The van der Waals surface area contributed by atoms with Crippen LogP contribution < -0.4 is 5.32 Å². The van der Waals surface area contributed by atoms with Crippen LogP contribution in [-0.2, 0) is 4.79 Å². The summed E-state index contributed by atoms with van der Waals surface area (Å²) < 4.78 is 5.79. The van der Waals surface area contributed by atoms with Crippen LogP contribution >= 0.6 is 11.3 Å². The molecule has 1 atom stereocenters. The molecule has 4 rings (SSSR count). The van der Waals surface area contributed by atoms with Crippen molar-refractivity contribution in [2.24, 2.45) is 5.92 Å². The summed E-state index contributed by atoms with van der Waals surface area (Å²) in [6.45, 7) is 2.93. The Hall–Kier alpha value is -2.67. The molecule has 0 unspecified atom stereocenters. The van der Waals surface area contributed by atoms with Crippen molar-refractivity contribution in [1.29, 1.82) is 0 Å². The van der Waals surface area contributed by atoms with Crippen molar-refractivity contribution in [3.63, 3.8) is 0 Å². The molecule has 0 saturated carbocycles. The number of anilines is 1. The van der Waals surface area contributed by atoms with Crippen molar-refractivity contribution < 1.29 is 14.0 Å². The molecule has 0 aliphatic carbocycles. The number of piperidine rings is 1. The molecule has 3 heterocycles. The number of fused-ring (bicyclic) bond motifs is 1. The van der Waals surface area contributed by atoms with E-state index in [0.717, 1.165) is 23.8 Å². The van der Waals surface area contributed by atoms with Gasteiger partial charge in [0.15, 0.2) is 10.9 Å². The average molecular weight is 369 g/mol. The summed E-state index contributed by atoms with van der Waals surface area (Å²) in [5.74, 6) is -0.0994. The number of hydrogen-bond donors (Lipinski definition) is 1. The third-order valence-electron chi connectivity index (χ3n) is 4.78. The van der Waals surface area contributed by atoms with Gasteiger partial charge in [0.05, 0.1) is 5.92 Å². The van der Waals surface area contributed by atoms with Crippen LogP contribution in [0.1, 0.15) is 29.0 Å². The van der Waals surface area contributed by atoms with Crippen LogP contribution in [-0.4, -0.2) is 34.8 Å². The summed E-state index contributed by atoms with van der Waals surface area (Å²) in [5.41, 5.74) is 1.56. The van der Waals surface area contributed by atoms with E-state index in [1.165, 1.54) is 11.3 Å². The number of carbonyl (C=O) groups excluding carboxylic acids is 2. The summed E-state index contributed by atoms with van der Waals surface area (Å²) in [5, 5.41) is 6.19. The lowest BCUT2D eigenvalue weighted by atomic mass is 9.97. The number of benzene rings is 1. The number of nitrogens with zero attached hydrogens (tertiary/aromatic N) is 2. The number of rotatable bonds is 3. The lowest BCUT2D eigenvalue weighted by molar-refractivity contribution is -0.121. The van der Waals surface area contributed by atoms with Gasteiger partial charge in [-0.1, -0.05) is 18.2 Å². The third-order valence-corrected chi connectivity index (χ3v) is 5.47. The summed E-state index contributed by atoms with van der Waals surface area (Å²) in [4.78, 5) is 31.2. The summed E-state index contributed by atoms with van der Waals surface area (Å²) in [7, 11) is 0. The summed E-state index contributed by atoms with van der Waals surface area (Å²) in [6, 6.07) is 7.63. The molecule has 1 N–H and O–H groups in total. The normalized spacial score (nSPS) is 17.4. The van der Waals surface area contributed by atoms with Gasteiger partial charge in [-0.25, -0.2) is 4.98 Å². The first kappa shape index (κ1) is 16.8. The molecule has 1 fully saturated rings. The Morgan fingerprint density at radius 1 is 1.35 bits per heavy atom. The number of aryl methyl sites for hydroxylation is 1. The van der Waals surface area contributed by atoms with Crippen molar-refractivity contribution in [2.75, 3.05) is 18.4 Å². The van der Waals surface area contributed by atoms with E-state index in [0.29, 0.717) is 29.6 Å². The maximum atomic E-state index is 13.0. The molecule has 0 radical (unpaired) electrons. The standard InChI is InChI=1S/C19H19N3O3S/c1-12-14-6-2-3-7-15(14)25-16(12)18(24)22-9-4-5-13(11-22)17(23)21-19-20-8-10-26-19/h2-3,6-8,10,13H,4-5,9,11H2,1H3,(H,20,21,23)/t13-/m1/s1. The van der Waals surface area contributed by atoms with E-state index in [4.69, 9.17) is 4.42 Å². The molecule has 7 heteroatoms. The van der Waals surface area contributed by atoms with E-state index in [9.17, 15) is 9.59 Å². The Bertz CT molecular complexity index is 948. The number of aromatic nitrogens is 1. The van der Waals surface area contributed by atoms with Crippen molar-refractivity contribution in [3.8, 4) is 0 Å². The molecule has 0 spiro atoms. The van der Waals surface area contributed by atoms with Crippen LogP contribution in [0.15, 0.2) is 40.3 Å². The Morgan fingerprint density at radius 3 is 2.96 bits per heavy atom. The van der Waals surface area contributed by atoms with Crippen LogP contribution in [0, 0.1) is 12.8 Å². The fraction of sp³-hybridized carbons (Fsp3) is 0.316. The summed E-state index contributed by atoms with van der Waals surface area (Å²) >= 11 is 1.38. The fourth-order valence-electron chi connectivity index (χ4n) is 3.39. The van der Waals surface area contributed by atoms with E-state index >= 15 is 0 Å². The quantitative estimate of drug-likeness (QED) is 0.764. The van der Waals surface area contributed by atoms with Gasteiger partial charge in [0.25, 0.3) is 5.91 Å². The monoisotopic (exact) mass is 369 g/mol. The van der Waals surface area contributed by atoms with Gasteiger partial charge in [-0.2, -0.15) is 0 Å². The molecule has 1 aliphatic rings. The van der Waals surface area contributed by atoms with E-state index < -0.39 is 0 Å². The number of hydrogen-bond acceptors (Lipinski definition) is 5. The van der Waals surface area contributed by atoms with Crippen molar-refractivity contribution in [2.45, 2.75) is 19.8 Å². The van der Waals surface area contributed by atoms with Crippen LogP contribution in [0.4, 0.5) is 5.13 Å². The average Bonchev–Trinajstić information content (AvgIpc) is 3.29. The third kappa shape index (κ3) is 3.10. The zero-order valence-corrected chi connectivity index (χ0v) is 15.2. The molecular weight excluding hydrogens is 350 g/mol. The highest BCUT2D eigenvalue weighted by Gasteiger charge is 2.31. The molecule has 2 aromatic heterocycles. The van der Waals surface area contributed by atoms with Gasteiger partial charge in [0.1, 0.15) is 5.58 Å². The van der Waals surface area contributed by atoms with E-state index in [1.54, 1.807) is 11.1 Å². The molecule has 0 bridgehead atoms. The number of thiazole rings is 1. The Labute approximate surface area is 154 Å². The SMILES string of the molecule is Cc1c(C(=O)N2CCC[C@@H](C(=O)Nc3nccs3)C2)oc2ccccc12. The molecular formula is C19H19N3O3S. The largest absolute Gasteiger partial charge is 0.451 e. The zero-order chi connectivity index (χ0) is 18.1. The van der Waals surface area contributed by atoms with Crippen molar-refractivity contribution in [3.05, 3.63) is 47.2 Å². The Kier molecular flexibility index (Phi) is 4.46. The first-order chi connectivity index (χ1) is 12.6. The molecule has 3 aromatic rings. The Balaban J connectivity index is 1.50. The number of nitrogens with one attached hydrogen (secondary N) is 1. The van der Waals surface area contributed by atoms with Crippen LogP contribution in [0.3, 0.4) is 0 Å². The summed E-state index contributed by atoms with van der Waals surface area (Å²) in [6.07, 6.45) is 3.21. The highest BCUT2D eigenvalue weighted by molar-refractivity contribution is 7.13. The number of carbonyl (C=O) groups is 2. The number of likely N-dealkylation sites (tertiary alicyclic amines) is 1. The number of amides is 2. The van der Waals surface area contributed by atoms with Crippen LogP contribution in [0.25, 0.3) is 11.0 Å². The molecule has 134 valence electrons. The first-order valence-electron chi connectivity index (χ1n) is 8.61. The molecule has 26 heavy (non-hydrogen) atoms. The zero-order valence-electron chi connectivity index (χ0n) is 14.4. The van der Waals surface area contributed by atoms with Gasteiger partial charge < -0.3 is 14.6 Å². The minimum absolute atomic E-state index is 0.0845. The second-order valence-electron chi connectivity index (χ2n) is 6.47. The highest BCUT2D eigenvalue weighted by Crippen LogP contribution is 2.28. The molecule has 2 amide bonds. The number of furan rings is 1. The van der Waals surface area contributed by atoms with Crippen LogP contribution in [0.5, 0.6) is 0 Å². The van der Waals surface area contributed by atoms with E-state index in [1.807, 2.05) is 36.6 Å². The van der Waals surface area contributed by atoms with Crippen molar-refractivity contribution >= 4 is 39.3 Å². The molecule has 1 aromatic carbocycles. The van der Waals surface area contributed by atoms with Gasteiger partial charge >= 0.3 is 0 Å². The molecule has 1 aliphatic heterocycles. The van der Waals surface area contributed by atoms with Gasteiger partial charge in [-0.15, -0.1) is 11.3 Å². The van der Waals surface area contributed by atoms with E-state index in [2.05, 4.69) is 10.3 Å². The predicted octanol–water partition coefficient (Wildman–Crippen LogP) is 3.69. The lowest BCUT2D eigenvalue weighted by Crippen LogP contribution is -2.43. The minimum Gasteiger partial charge on any atom is -0.451 e. The van der Waals surface area contributed by atoms with Gasteiger partial charge in [0, 0.05) is 35.6 Å². The second-order valence-corrected chi connectivity index (χ2v) is 7.36. The lowest BCUT2D eigenvalue weighted by Gasteiger charge is -2.31. The molecule has 1 saturated heterocycles. The number of para-hydroxylation sites is 1. The minimum atomic E-state index is -0.235. The Morgan fingerprint density at radius 2 is 2.19 bits per heavy atom. The maximum absolute atomic E-state index is 13.0. The van der Waals surface area contributed by atoms with Crippen LogP contribution in [0.2, 0.25) is 0 Å². The van der Waals surface area contributed by atoms with E-state index in [-0.39, 0.29) is 17.7 Å².